The van der Waals surface area contributed by atoms with Crippen LogP contribution in [0.1, 0.15) is 33.6 Å². The minimum Gasteiger partial charge on any atom is -0.393 e. The Bertz CT molecular complexity index is 333. The predicted octanol–water partition coefficient (Wildman–Crippen LogP) is 1.57. The van der Waals surface area contributed by atoms with Crippen molar-refractivity contribution in [2.45, 2.75) is 39.2 Å². The van der Waals surface area contributed by atoms with Crippen LogP contribution in [0.15, 0.2) is 0 Å². The minimum atomic E-state index is -0.362. The molecule has 2 N–H and O–H groups in total. The summed E-state index contributed by atoms with van der Waals surface area (Å²) in [6, 6.07) is 0. The fourth-order valence-electron chi connectivity index (χ4n) is 2.49. The lowest BCUT2D eigenvalue weighted by atomic mass is 9.90. The lowest BCUT2D eigenvalue weighted by Crippen LogP contribution is -2.53. The molecule has 5 heteroatoms. The maximum atomic E-state index is 12.5. The van der Waals surface area contributed by atoms with Gasteiger partial charge in [0.1, 0.15) is 0 Å². The first-order valence-electron chi connectivity index (χ1n) is 6.44. The van der Waals surface area contributed by atoms with Gasteiger partial charge in [0.25, 0.3) is 0 Å². The number of methoxy groups -OCH3 is 1. The van der Waals surface area contributed by atoms with Crippen molar-refractivity contribution >= 4 is 23.1 Å². The Hall–Kier alpha value is -0.680. The van der Waals surface area contributed by atoms with Gasteiger partial charge in [-0.25, -0.2) is 0 Å². The Morgan fingerprint density at radius 1 is 1.50 bits per heavy atom. The normalized spacial score (nSPS) is 26.2. The van der Waals surface area contributed by atoms with E-state index in [1.807, 2.05) is 25.7 Å². The van der Waals surface area contributed by atoms with E-state index >= 15 is 0 Å². The zero-order valence-corrected chi connectivity index (χ0v) is 12.5. The van der Waals surface area contributed by atoms with Gasteiger partial charge in [-0.15, -0.1) is 0 Å². The van der Waals surface area contributed by atoms with Crippen LogP contribution in [0.3, 0.4) is 0 Å². The molecule has 0 saturated carbocycles. The summed E-state index contributed by atoms with van der Waals surface area (Å²) < 4.78 is 5.50. The average Bonchev–Trinajstić information content (AvgIpc) is 2.28. The number of nitrogens with zero attached hydrogens (tertiary/aromatic N) is 1. The van der Waals surface area contributed by atoms with Gasteiger partial charge >= 0.3 is 0 Å². The van der Waals surface area contributed by atoms with Gasteiger partial charge in [-0.1, -0.05) is 26.1 Å². The fraction of sp³-hybridized carbons (Fsp3) is 0.846. The standard InChI is InChI=1S/C13H24N2O2S/c1-9(2)10(11(14)18)12(16)15-7-5-6-13(3,8-15)17-4/h9-10H,5-8H2,1-4H3,(H2,14,18). The number of likely N-dealkylation sites (tertiary alicyclic amines) is 1. The SMILES string of the molecule is COC1(C)CCCN(C(=O)C(C(N)=S)C(C)C)C1. The van der Waals surface area contributed by atoms with Crippen LogP contribution in [0.25, 0.3) is 0 Å². The van der Waals surface area contributed by atoms with Crippen LogP contribution in [0.4, 0.5) is 0 Å². The van der Waals surface area contributed by atoms with Gasteiger partial charge in [-0.05, 0) is 25.7 Å². The molecule has 2 unspecified atom stereocenters. The van der Waals surface area contributed by atoms with E-state index in [9.17, 15) is 4.79 Å². The Balaban J connectivity index is 2.80. The second kappa shape index (κ2) is 5.97. The van der Waals surface area contributed by atoms with Crippen molar-refractivity contribution in [2.75, 3.05) is 20.2 Å². The molecular formula is C13H24N2O2S. The van der Waals surface area contributed by atoms with E-state index in [1.54, 1.807) is 7.11 Å². The molecule has 1 fully saturated rings. The number of amides is 1. The number of thiocarbonyl (C=S) groups is 1. The van der Waals surface area contributed by atoms with Crippen molar-refractivity contribution < 1.29 is 9.53 Å². The van der Waals surface area contributed by atoms with Crippen LogP contribution >= 0.6 is 12.2 Å². The van der Waals surface area contributed by atoms with Gasteiger partial charge in [0.2, 0.25) is 5.91 Å². The molecule has 1 heterocycles. The number of nitrogens with two attached hydrogens (primary N) is 1. The molecule has 1 saturated heterocycles. The zero-order chi connectivity index (χ0) is 13.9. The van der Waals surface area contributed by atoms with Crippen molar-refractivity contribution in [1.82, 2.24) is 4.90 Å². The molecule has 0 aromatic heterocycles. The monoisotopic (exact) mass is 272 g/mol. The molecule has 0 radical (unpaired) electrons. The molecule has 0 aromatic carbocycles. The largest absolute Gasteiger partial charge is 0.393 e. The highest BCUT2D eigenvalue weighted by Gasteiger charge is 2.37. The van der Waals surface area contributed by atoms with Crippen molar-refractivity contribution in [3.8, 4) is 0 Å². The van der Waals surface area contributed by atoms with Crippen molar-refractivity contribution in [1.29, 1.82) is 0 Å². The molecule has 1 aliphatic heterocycles. The lowest BCUT2D eigenvalue weighted by Gasteiger charge is -2.41. The summed E-state index contributed by atoms with van der Waals surface area (Å²) in [6.07, 6.45) is 1.94. The molecule has 1 amide bonds. The van der Waals surface area contributed by atoms with E-state index in [0.717, 1.165) is 19.4 Å². The van der Waals surface area contributed by atoms with Gasteiger partial charge in [0.05, 0.1) is 16.5 Å². The Labute approximate surface area is 115 Å². The third kappa shape index (κ3) is 3.42. The van der Waals surface area contributed by atoms with Crippen LogP contribution < -0.4 is 5.73 Å². The van der Waals surface area contributed by atoms with Crippen molar-refractivity contribution in [2.24, 2.45) is 17.6 Å². The summed E-state index contributed by atoms with van der Waals surface area (Å²) in [4.78, 5) is 14.6. The first kappa shape index (κ1) is 15.4. The molecule has 4 nitrogen and oxygen atoms in total. The summed E-state index contributed by atoms with van der Waals surface area (Å²) in [6.45, 7) is 7.37. The number of hydrogen-bond acceptors (Lipinski definition) is 3. The van der Waals surface area contributed by atoms with Crippen LogP contribution in [0.5, 0.6) is 0 Å². The van der Waals surface area contributed by atoms with E-state index in [1.165, 1.54) is 0 Å². The van der Waals surface area contributed by atoms with E-state index in [-0.39, 0.29) is 23.3 Å². The smallest absolute Gasteiger partial charge is 0.232 e. The highest BCUT2D eigenvalue weighted by molar-refractivity contribution is 7.80. The summed E-state index contributed by atoms with van der Waals surface area (Å²) in [5.74, 6) is -0.189. The summed E-state index contributed by atoms with van der Waals surface area (Å²) >= 11 is 5.02. The predicted molar refractivity (Wildman–Crippen MR) is 76.3 cm³/mol. The number of rotatable bonds is 4. The van der Waals surface area contributed by atoms with E-state index < -0.39 is 0 Å². The second-order valence-electron chi connectivity index (χ2n) is 5.64. The van der Waals surface area contributed by atoms with Gasteiger partial charge in [0.15, 0.2) is 0 Å². The molecule has 1 aliphatic rings. The summed E-state index contributed by atoms with van der Waals surface area (Å²) in [5, 5.41) is 0. The van der Waals surface area contributed by atoms with Crippen LogP contribution in [0, 0.1) is 11.8 Å². The van der Waals surface area contributed by atoms with Gasteiger partial charge in [-0.3, -0.25) is 4.79 Å². The maximum absolute atomic E-state index is 12.5. The number of carbonyl (C=O) groups excluding carboxylic acids is 1. The van der Waals surface area contributed by atoms with Crippen molar-refractivity contribution in [3.05, 3.63) is 0 Å². The first-order valence-corrected chi connectivity index (χ1v) is 6.85. The van der Waals surface area contributed by atoms with Crippen LogP contribution in [0.2, 0.25) is 0 Å². The molecule has 0 spiro atoms. The van der Waals surface area contributed by atoms with E-state index in [4.69, 9.17) is 22.7 Å². The number of carbonyl (C=O) groups is 1. The highest BCUT2D eigenvalue weighted by atomic mass is 32.1. The molecule has 0 bridgehead atoms. The Kier molecular flexibility index (Phi) is 5.10. The highest BCUT2D eigenvalue weighted by Crippen LogP contribution is 2.26. The average molecular weight is 272 g/mol. The summed E-state index contributed by atoms with van der Waals surface area (Å²) in [5.41, 5.74) is 5.45. The molecule has 0 aliphatic carbocycles. The topological polar surface area (TPSA) is 55.6 Å². The number of ether oxygens (including phenoxy) is 1. The molecule has 104 valence electrons. The van der Waals surface area contributed by atoms with E-state index in [2.05, 4.69) is 0 Å². The van der Waals surface area contributed by atoms with Crippen LogP contribution in [-0.2, 0) is 9.53 Å². The quantitative estimate of drug-likeness (QED) is 0.789. The zero-order valence-electron chi connectivity index (χ0n) is 11.7. The molecule has 1 rings (SSSR count). The van der Waals surface area contributed by atoms with Gasteiger partial charge < -0.3 is 15.4 Å². The van der Waals surface area contributed by atoms with E-state index in [0.29, 0.717) is 11.5 Å². The van der Waals surface area contributed by atoms with Crippen molar-refractivity contribution in [3.63, 3.8) is 0 Å². The van der Waals surface area contributed by atoms with Gasteiger partial charge in [0, 0.05) is 20.2 Å². The lowest BCUT2D eigenvalue weighted by molar-refractivity contribution is -0.142. The first-order chi connectivity index (χ1) is 8.30. The fourth-order valence-corrected chi connectivity index (χ4v) is 2.87. The maximum Gasteiger partial charge on any atom is 0.232 e. The van der Waals surface area contributed by atoms with Gasteiger partial charge in [-0.2, -0.15) is 0 Å². The minimum absolute atomic E-state index is 0.0421. The van der Waals surface area contributed by atoms with Crippen LogP contribution in [-0.4, -0.2) is 41.6 Å². The number of piperidine rings is 1. The second-order valence-corrected chi connectivity index (χ2v) is 6.11. The molecule has 0 aromatic rings. The Morgan fingerprint density at radius 3 is 2.56 bits per heavy atom. The third-order valence-corrected chi connectivity index (χ3v) is 3.96. The number of hydrogen-bond donors (Lipinski definition) is 1. The Morgan fingerprint density at radius 2 is 2.11 bits per heavy atom. The molecule has 18 heavy (non-hydrogen) atoms. The molecular weight excluding hydrogens is 248 g/mol. The molecule has 2 atom stereocenters. The third-order valence-electron chi connectivity index (χ3n) is 3.70. The summed E-state index contributed by atoms with van der Waals surface area (Å²) in [7, 11) is 1.70.